The van der Waals surface area contributed by atoms with E-state index in [-0.39, 0.29) is 23.5 Å². The molecule has 3 rings (SSSR count). The van der Waals surface area contributed by atoms with Gasteiger partial charge in [0.15, 0.2) is 11.6 Å². The maximum absolute atomic E-state index is 13.9. The van der Waals surface area contributed by atoms with Crippen LogP contribution in [0.3, 0.4) is 0 Å². The highest BCUT2D eigenvalue weighted by molar-refractivity contribution is 5.41. The summed E-state index contributed by atoms with van der Waals surface area (Å²) in [5.41, 5.74) is 8.25. The summed E-state index contributed by atoms with van der Waals surface area (Å²) in [5.74, 6) is 0.852. The Morgan fingerprint density at radius 1 is 1.29 bits per heavy atom. The molecule has 2 aromatic rings. The van der Waals surface area contributed by atoms with Gasteiger partial charge in [0.2, 0.25) is 0 Å². The van der Waals surface area contributed by atoms with Crippen LogP contribution < -0.4 is 15.2 Å². The fraction of sp³-hybridized carbons (Fsp3) is 0.294. The summed E-state index contributed by atoms with van der Waals surface area (Å²) in [6.45, 7) is 0.633. The summed E-state index contributed by atoms with van der Waals surface area (Å²) in [4.78, 5) is 0. The van der Waals surface area contributed by atoms with Gasteiger partial charge >= 0.3 is 0 Å². The van der Waals surface area contributed by atoms with Gasteiger partial charge in [-0.05, 0) is 35.7 Å². The zero-order chi connectivity index (χ0) is 14.8. The van der Waals surface area contributed by atoms with Gasteiger partial charge in [-0.25, -0.2) is 4.39 Å². The smallest absolute Gasteiger partial charge is 0.165 e. The van der Waals surface area contributed by atoms with E-state index in [1.54, 1.807) is 6.07 Å². The SMILES string of the molecule is COc1ccc(C(N)C2CCOc3ccccc32)cc1F. The average Bonchev–Trinajstić information content (AvgIpc) is 2.53. The van der Waals surface area contributed by atoms with Crippen LogP contribution in [0.4, 0.5) is 4.39 Å². The van der Waals surface area contributed by atoms with Crippen LogP contribution in [0.15, 0.2) is 42.5 Å². The van der Waals surface area contributed by atoms with Crippen molar-refractivity contribution >= 4 is 0 Å². The predicted molar refractivity (Wildman–Crippen MR) is 79.2 cm³/mol. The summed E-state index contributed by atoms with van der Waals surface area (Å²) in [6, 6.07) is 12.5. The van der Waals surface area contributed by atoms with E-state index in [1.807, 2.05) is 30.3 Å². The molecule has 0 saturated heterocycles. The number of hydrogen-bond acceptors (Lipinski definition) is 3. The van der Waals surface area contributed by atoms with Gasteiger partial charge < -0.3 is 15.2 Å². The van der Waals surface area contributed by atoms with E-state index in [4.69, 9.17) is 15.2 Å². The predicted octanol–water partition coefficient (Wildman–Crippen LogP) is 3.40. The number of benzene rings is 2. The van der Waals surface area contributed by atoms with Crippen LogP contribution in [0.25, 0.3) is 0 Å². The summed E-state index contributed by atoms with van der Waals surface area (Å²) in [6.07, 6.45) is 0.825. The van der Waals surface area contributed by atoms with Gasteiger partial charge in [-0.1, -0.05) is 24.3 Å². The monoisotopic (exact) mass is 287 g/mol. The van der Waals surface area contributed by atoms with Crippen molar-refractivity contribution in [1.29, 1.82) is 0 Å². The standard InChI is InChI=1S/C17H18FNO2/c1-20-16-7-6-11(10-14(16)18)17(19)13-8-9-21-15-5-3-2-4-12(13)15/h2-7,10,13,17H,8-9,19H2,1H3. The van der Waals surface area contributed by atoms with Crippen molar-refractivity contribution in [1.82, 2.24) is 0 Å². The Kier molecular flexibility index (Phi) is 3.80. The molecule has 1 heterocycles. The molecule has 0 aromatic heterocycles. The van der Waals surface area contributed by atoms with E-state index < -0.39 is 0 Å². The van der Waals surface area contributed by atoms with Gasteiger partial charge in [-0.2, -0.15) is 0 Å². The molecular weight excluding hydrogens is 269 g/mol. The number of ether oxygens (including phenoxy) is 2. The lowest BCUT2D eigenvalue weighted by Gasteiger charge is -2.30. The number of para-hydroxylation sites is 1. The van der Waals surface area contributed by atoms with Crippen molar-refractivity contribution in [2.24, 2.45) is 5.73 Å². The molecule has 0 aliphatic carbocycles. The topological polar surface area (TPSA) is 44.5 Å². The van der Waals surface area contributed by atoms with E-state index in [9.17, 15) is 4.39 Å². The van der Waals surface area contributed by atoms with E-state index in [2.05, 4.69) is 0 Å². The first-order chi connectivity index (χ1) is 10.2. The minimum Gasteiger partial charge on any atom is -0.494 e. The van der Waals surface area contributed by atoms with Crippen molar-refractivity contribution in [3.05, 3.63) is 59.4 Å². The highest BCUT2D eigenvalue weighted by atomic mass is 19.1. The Balaban J connectivity index is 1.92. The van der Waals surface area contributed by atoms with E-state index >= 15 is 0 Å². The van der Waals surface area contributed by atoms with Crippen molar-refractivity contribution < 1.29 is 13.9 Å². The first-order valence-electron chi connectivity index (χ1n) is 7.01. The molecule has 1 aliphatic rings. The number of nitrogens with two attached hydrogens (primary N) is 1. The average molecular weight is 287 g/mol. The van der Waals surface area contributed by atoms with Gasteiger partial charge in [0, 0.05) is 12.0 Å². The van der Waals surface area contributed by atoms with Gasteiger partial charge in [0.05, 0.1) is 13.7 Å². The second-order valence-corrected chi connectivity index (χ2v) is 5.20. The normalized spacial score (nSPS) is 18.5. The number of methoxy groups -OCH3 is 1. The molecule has 3 nitrogen and oxygen atoms in total. The molecule has 0 radical (unpaired) electrons. The molecule has 110 valence electrons. The first-order valence-corrected chi connectivity index (χ1v) is 7.01. The second-order valence-electron chi connectivity index (χ2n) is 5.20. The van der Waals surface area contributed by atoms with Gasteiger partial charge in [-0.3, -0.25) is 0 Å². The maximum atomic E-state index is 13.9. The van der Waals surface area contributed by atoms with Gasteiger partial charge in [0.25, 0.3) is 0 Å². The van der Waals surface area contributed by atoms with Crippen LogP contribution in [0, 0.1) is 5.82 Å². The highest BCUT2D eigenvalue weighted by Crippen LogP contribution is 2.40. The fourth-order valence-electron chi connectivity index (χ4n) is 2.86. The van der Waals surface area contributed by atoms with Crippen LogP contribution in [0.1, 0.15) is 29.5 Å². The lowest BCUT2D eigenvalue weighted by molar-refractivity contribution is 0.255. The van der Waals surface area contributed by atoms with Gasteiger partial charge in [0.1, 0.15) is 5.75 Å². The molecule has 0 fully saturated rings. The maximum Gasteiger partial charge on any atom is 0.165 e. The molecule has 0 amide bonds. The van der Waals surface area contributed by atoms with E-state index in [0.717, 1.165) is 23.3 Å². The second kappa shape index (κ2) is 5.74. The molecule has 4 heteroatoms. The molecule has 21 heavy (non-hydrogen) atoms. The third-order valence-electron chi connectivity index (χ3n) is 4.00. The lowest BCUT2D eigenvalue weighted by Crippen LogP contribution is -2.25. The van der Waals surface area contributed by atoms with Crippen LogP contribution in [0.5, 0.6) is 11.5 Å². The van der Waals surface area contributed by atoms with Crippen LogP contribution in [-0.2, 0) is 0 Å². The van der Waals surface area contributed by atoms with Crippen molar-refractivity contribution in [2.75, 3.05) is 13.7 Å². The highest BCUT2D eigenvalue weighted by Gasteiger charge is 2.28. The number of rotatable bonds is 3. The summed E-state index contributed by atoms with van der Waals surface area (Å²) < 4.78 is 24.5. The Hall–Kier alpha value is -2.07. The number of fused-ring (bicyclic) bond motifs is 1. The third-order valence-corrected chi connectivity index (χ3v) is 4.00. The molecule has 0 spiro atoms. The molecule has 2 unspecified atom stereocenters. The minimum atomic E-state index is -0.384. The Morgan fingerprint density at radius 3 is 2.86 bits per heavy atom. The molecule has 1 aliphatic heterocycles. The Morgan fingerprint density at radius 2 is 2.10 bits per heavy atom. The largest absolute Gasteiger partial charge is 0.494 e. The summed E-state index contributed by atoms with van der Waals surface area (Å²) in [5, 5.41) is 0. The molecule has 2 atom stereocenters. The molecule has 2 N–H and O–H groups in total. The van der Waals surface area contributed by atoms with Gasteiger partial charge in [-0.15, -0.1) is 0 Å². The Labute approximate surface area is 123 Å². The quantitative estimate of drug-likeness (QED) is 0.941. The zero-order valence-electron chi connectivity index (χ0n) is 11.9. The van der Waals surface area contributed by atoms with E-state index in [0.29, 0.717) is 6.61 Å². The first kappa shape index (κ1) is 13.9. The van der Waals surface area contributed by atoms with Crippen molar-refractivity contribution in [2.45, 2.75) is 18.4 Å². The third kappa shape index (κ3) is 2.59. The molecule has 0 bridgehead atoms. The van der Waals surface area contributed by atoms with Crippen LogP contribution in [-0.4, -0.2) is 13.7 Å². The van der Waals surface area contributed by atoms with Crippen molar-refractivity contribution in [3.8, 4) is 11.5 Å². The number of hydrogen-bond donors (Lipinski definition) is 1. The fourth-order valence-corrected chi connectivity index (χ4v) is 2.86. The molecule has 2 aromatic carbocycles. The lowest BCUT2D eigenvalue weighted by atomic mass is 9.83. The Bertz CT molecular complexity index is 644. The molecule has 0 saturated carbocycles. The van der Waals surface area contributed by atoms with Crippen LogP contribution in [0.2, 0.25) is 0 Å². The zero-order valence-corrected chi connectivity index (χ0v) is 11.9. The summed E-state index contributed by atoms with van der Waals surface area (Å²) in [7, 11) is 1.45. The molecular formula is C17H18FNO2. The minimum absolute atomic E-state index is 0.128. The van der Waals surface area contributed by atoms with E-state index in [1.165, 1.54) is 13.2 Å². The number of halogens is 1. The van der Waals surface area contributed by atoms with Crippen molar-refractivity contribution in [3.63, 3.8) is 0 Å². The summed E-state index contributed by atoms with van der Waals surface area (Å²) >= 11 is 0. The van der Waals surface area contributed by atoms with Crippen LogP contribution >= 0.6 is 0 Å².